The van der Waals surface area contributed by atoms with Gasteiger partial charge in [-0.1, -0.05) is 53.7 Å². The second-order valence-corrected chi connectivity index (χ2v) is 9.12. The average molecular weight is 468 g/mol. The predicted octanol–water partition coefficient (Wildman–Crippen LogP) is 3.29. The number of nitrogens with zero attached hydrogens (tertiary/aromatic N) is 5. The molecule has 2 aromatic heterocycles. The molecule has 6 rings (SSSR count). The molecule has 2 aliphatic rings. The summed E-state index contributed by atoms with van der Waals surface area (Å²) in [4.78, 5) is 32.2. The van der Waals surface area contributed by atoms with Crippen molar-refractivity contribution < 1.29 is 9.32 Å². The van der Waals surface area contributed by atoms with E-state index in [0.717, 1.165) is 12.8 Å². The van der Waals surface area contributed by atoms with Crippen molar-refractivity contribution in [3.8, 4) is 0 Å². The molecule has 4 aromatic rings. The third-order valence-electron chi connectivity index (χ3n) is 6.96. The summed E-state index contributed by atoms with van der Waals surface area (Å²) >= 11 is 0. The van der Waals surface area contributed by atoms with Crippen LogP contribution in [0.3, 0.4) is 0 Å². The minimum Gasteiger partial charge on any atom is -0.337 e. The van der Waals surface area contributed by atoms with Crippen LogP contribution >= 0.6 is 0 Å². The fourth-order valence-electron chi connectivity index (χ4n) is 5.27. The SMILES string of the molecule is Cc1noc(CN2CN(C3c4ccccc4CCc4ccccc43)n3ccc(=O)c(C)c3C2=O)n1. The van der Waals surface area contributed by atoms with Crippen LogP contribution in [0, 0.1) is 13.8 Å². The van der Waals surface area contributed by atoms with Crippen molar-refractivity contribution in [2.75, 3.05) is 11.7 Å². The largest absolute Gasteiger partial charge is 0.337 e. The van der Waals surface area contributed by atoms with Crippen molar-refractivity contribution in [2.24, 2.45) is 0 Å². The summed E-state index contributed by atoms with van der Waals surface area (Å²) in [5, 5.41) is 6.03. The Hall–Kier alpha value is -4.20. The minimum atomic E-state index is -0.234. The number of hydrogen-bond donors (Lipinski definition) is 0. The lowest BCUT2D eigenvalue weighted by molar-refractivity contribution is 0.0648. The van der Waals surface area contributed by atoms with E-state index in [-0.39, 0.29) is 23.9 Å². The van der Waals surface area contributed by atoms with Gasteiger partial charge >= 0.3 is 0 Å². The van der Waals surface area contributed by atoms with E-state index in [0.29, 0.717) is 29.6 Å². The van der Waals surface area contributed by atoms with Gasteiger partial charge in [0, 0.05) is 17.8 Å². The third-order valence-corrected chi connectivity index (χ3v) is 6.96. The Kier molecular flexibility index (Phi) is 5.02. The van der Waals surface area contributed by atoms with Crippen molar-refractivity contribution in [3.05, 3.63) is 116 Å². The fraction of sp³-hybridized carbons (Fsp3) is 0.259. The summed E-state index contributed by atoms with van der Waals surface area (Å²) in [5.74, 6) is 0.644. The van der Waals surface area contributed by atoms with Gasteiger partial charge in [0.05, 0.1) is 6.04 Å². The lowest BCUT2D eigenvalue weighted by atomic mass is 9.94. The highest BCUT2D eigenvalue weighted by Crippen LogP contribution is 2.37. The van der Waals surface area contributed by atoms with Gasteiger partial charge in [-0.3, -0.25) is 19.3 Å². The number of amides is 1. The molecule has 1 aliphatic heterocycles. The van der Waals surface area contributed by atoms with E-state index in [1.807, 2.05) is 4.68 Å². The molecule has 2 aromatic carbocycles. The molecular formula is C27H25N5O3. The molecular weight excluding hydrogens is 442 g/mol. The van der Waals surface area contributed by atoms with E-state index in [1.165, 1.54) is 28.3 Å². The van der Waals surface area contributed by atoms with Gasteiger partial charge in [-0.25, -0.2) is 0 Å². The second-order valence-electron chi connectivity index (χ2n) is 9.12. The first-order valence-corrected chi connectivity index (χ1v) is 11.7. The molecule has 0 fully saturated rings. The smallest absolute Gasteiger partial charge is 0.274 e. The maximum atomic E-state index is 13.6. The first kappa shape index (κ1) is 21.3. The van der Waals surface area contributed by atoms with E-state index in [4.69, 9.17) is 4.52 Å². The van der Waals surface area contributed by atoms with Crippen LogP contribution in [0.15, 0.2) is 70.1 Å². The summed E-state index contributed by atoms with van der Waals surface area (Å²) in [7, 11) is 0. The van der Waals surface area contributed by atoms with Gasteiger partial charge in [0.2, 0.25) is 5.89 Å². The Morgan fingerprint density at radius 2 is 1.60 bits per heavy atom. The number of hydrogen-bond acceptors (Lipinski definition) is 6. The number of benzene rings is 2. The van der Waals surface area contributed by atoms with E-state index >= 15 is 0 Å². The highest BCUT2D eigenvalue weighted by atomic mass is 16.5. The Morgan fingerprint density at radius 1 is 0.943 bits per heavy atom. The number of carbonyl (C=O) groups excluding carboxylic acids is 1. The molecule has 0 unspecified atom stereocenters. The molecule has 0 spiro atoms. The summed E-state index contributed by atoms with van der Waals surface area (Å²) in [6.07, 6.45) is 3.60. The Balaban J connectivity index is 1.55. The lowest BCUT2D eigenvalue weighted by Crippen LogP contribution is -2.55. The van der Waals surface area contributed by atoms with Gasteiger partial charge in [0.1, 0.15) is 18.9 Å². The molecule has 0 N–H and O–H groups in total. The van der Waals surface area contributed by atoms with E-state index in [2.05, 4.69) is 63.7 Å². The maximum Gasteiger partial charge on any atom is 0.274 e. The number of rotatable bonds is 3. The van der Waals surface area contributed by atoms with Gasteiger partial charge in [-0.2, -0.15) is 4.98 Å². The third kappa shape index (κ3) is 3.53. The fourth-order valence-corrected chi connectivity index (χ4v) is 5.27. The molecule has 0 atom stereocenters. The van der Waals surface area contributed by atoms with Crippen molar-refractivity contribution in [3.63, 3.8) is 0 Å². The number of fused-ring (bicyclic) bond motifs is 3. The van der Waals surface area contributed by atoms with Crippen LogP contribution in [0.4, 0.5) is 0 Å². The highest BCUT2D eigenvalue weighted by Gasteiger charge is 2.38. The Labute approximate surface area is 202 Å². The van der Waals surface area contributed by atoms with Crippen molar-refractivity contribution >= 4 is 5.91 Å². The monoisotopic (exact) mass is 467 g/mol. The normalized spacial score (nSPS) is 15.4. The number of pyridine rings is 1. The molecule has 35 heavy (non-hydrogen) atoms. The molecule has 0 saturated heterocycles. The van der Waals surface area contributed by atoms with Crippen LogP contribution in [0.25, 0.3) is 0 Å². The van der Waals surface area contributed by atoms with Crippen LogP contribution in [0.2, 0.25) is 0 Å². The lowest BCUT2D eigenvalue weighted by Gasteiger charge is -2.44. The van der Waals surface area contributed by atoms with Crippen LogP contribution in [0.5, 0.6) is 0 Å². The molecule has 1 amide bonds. The minimum absolute atomic E-state index is 0.148. The average Bonchev–Trinajstić information content (AvgIpc) is 3.20. The van der Waals surface area contributed by atoms with E-state index in [9.17, 15) is 9.59 Å². The molecule has 8 nitrogen and oxygen atoms in total. The molecule has 0 bridgehead atoms. The molecule has 3 heterocycles. The summed E-state index contributed by atoms with van der Waals surface area (Å²) in [6, 6.07) is 18.3. The second kappa shape index (κ2) is 8.23. The number of aromatic nitrogens is 3. The van der Waals surface area contributed by atoms with Crippen molar-refractivity contribution in [1.29, 1.82) is 0 Å². The number of carbonyl (C=O) groups is 1. The van der Waals surface area contributed by atoms with Crippen LogP contribution in [-0.4, -0.2) is 32.3 Å². The van der Waals surface area contributed by atoms with Crippen LogP contribution < -0.4 is 10.4 Å². The Morgan fingerprint density at radius 3 is 2.23 bits per heavy atom. The first-order chi connectivity index (χ1) is 17.0. The molecule has 176 valence electrons. The van der Waals surface area contributed by atoms with E-state index < -0.39 is 0 Å². The van der Waals surface area contributed by atoms with Crippen LogP contribution in [0.1, 0.15) is 56.1 Å². The zero-order valence-electron chi connectivity index (χ0n) is 19.6. The summed E-state index contributed by atoms with van der Waals surface area (Å²) in [6.45, 7) is 3.91. The van der Waals surface area contributed by atoms with Gasteiger partial charge in [0.15, 0.2) is 11.3 Å². The summed E-state index contributed by atoms with van der Waals surface area (Å²) in [5.41, 5.74) is 5.57. The van der Waals surface area contributed by atoms with E-state index in [1.54, 1.807) is 24.9 Å². The van der Waals surface area contributed by atoms with Gasteiger partial charge in [-0.15, -0.1) is 0 Å². The molecule has 0 saturated carbocycles. The Bertz CT molecular complexity index is 1460. The highest BCUT2D eigenvalue weighted by molar-refractivity contribution is 5.95. The van der Waals surface area contributed by atoms with Gasteiger partial charge < -0.3 is 9.42 Å². The molecule has 8 heteroatoms. The van der Waals surface area contributed by atoms with Crippen molar-refractivity contribution in [2.45, 2.75) is 39.3 Å². The summed E-state index contributed by atoms with van der Waals surface area (Å²) < 4.78 is 7.19. The molecule has 1 aliphatic carbocycles. The number of aryl methyl sites for hydroxylation is 3. The van der Waals surface area contributed by atoms with Gasteiger partial charge in [0.25, 0.3) is 5.91 Å². The topological polar surface area (TPSA) is 84.5 Å². The zero-order valence-corrected chi connectivity index (χ0v) is 19.6. The quantitative estimate of drug-likeness (QED) is 0.460. The standard InChI is InChI=1S/C27H25N5O3/c1-17-23(33)13-14-31-25(17)27(34)30(15-24-28-18(2)29-35-24)16-32(31)26-21-9-5-3-7-19(21)11-12-20-8-4-6-10-22(20)26/h3-10,13-14,26H,11-12,15-16H2,1-2H3. The predicted molar refractivity (Wildman–Crippen MR) is 130 cm³/mol. The molecule has 0 radical (unpaired) electrons. The van der Waals surface area contributed by atoms with Crippen molar-refractivity contribution in [1.82, 2.24) is 19.7 Å². The maximum absolute atomic E-state index is 13.6. The van der Waals surface area contributed by atoms with Crippen LogP contribution in [-0.2, 0) is 19.4 Å². The zero-order chi connectivity index (χ0) is 24.1. The first-order valence-electron chi connectivity index (χ1n) is 11.7. The van der Waals surface area contributed by atoms with Gasteiger partial charge in [-0.05, 0) is 48.9 Å².